The molecule has 0 spiro atoms. The van der Waals surface area contributed by atoms with Gasteiger partial charge >= 0.3 is 0 Å². The Hall–Kier alpha value is -1.99. The number of carbonyl (C=O) groups is 2. The van der Waals surface area contributed by atoms with Gasteiger partial charge in [0, 0.05) is 12.7 Å². The normalized spacial score (nSPS) is 20.2. The van der Waals surface area contributed by atoms with Gasteiger partial charge < -0.3 is 5.43 Å². The maximum absolute atomic E-state index is 11.7. The van der Waals surface area contributed by atoms with E-state index < -0.39 is 0 Å². The number of imide groups is 1. The SMILES string of the molecule is CCC1C(=O)NC(=O)CN1Cc1ccnc(NN)c1. The molecule has 0 bridgehead atoms. The number of aromatic nitrogens is 1. The fourth-order valence-corrected chi connectivity index (χ4v) is 2.22. The smallest absolute Gasteiger partial charge is 0.243 e. The molecule has 7 nitrogen and oxygen atoms in total. The van der Waals surface area contributed by atoms with Crippen molar-refractivity contribution < 1.29 is 9.59 Å². The van der Waals surface area contributed by atoms with Crippen LogP contribution in [0.4, 0.5) is 5.82 Å². The third kappa shape index (κ3) is 3.07. The predicted octanol–water partition coefficient (Wildman–Crippen LogP) is -0.396. The van der Waals surface area contributed by atoms with Gasteiger partial charge in [0.2, 0.25) is 11.8 Å². The Morgan fingerprint density at radius 3 is 3.05 bits per heavy atom. The molecule has 0 radical (unpaired) electrons. The number of nitrogens with two attached hydrogens (primary N) is 1. The van der Waals surface area contributed by atoms with Crippen molar-refractivity contribution in [3.63, 3.8) is 0 Å². The molecule has 7 heteroatoms. The van der Waals surface area contributed by atoms with Crippen molar-refractivity contribution in [2.75, 3.05) is 12.0 Å². The zero-order valence-electron chi connectivity index (χ0n) is 10.7. The number of pyridine rings is 1. The molecule has 102 valence electrons. The number of carbonyl (C=O) groups excluding carboxylic acids is 2. The van der Waals surface area contributed by atoms with Crippen LogP contribution in [0.25, 0.3) is 0 Å². The molecule has 1 unspecified atom stereocenters. The fourth-order valence-electron chi connectivity index (χ4n) is 2.22. The van der Waals surface area contributed by atoms with Crippen LogP contribution in [0.2, 0.25) is 0 Å². The van der Waals surface area contributed by atoms with Crippen molar-refractivity contribution >= 4 is 17.6 Å². The first kappa shape index (κ1) is 13.4. The van der Waals surface area contributed by atoms with Crippen LogP contribution in [-0.2, 0) is 16.1 Å². The number of amides is 2. The summed E-state index contributed by atoms with van der Waals surface area (Å²) in [5.74, 6) is 5.36. The van der Waals surface area contributed by atoms with E-state index >= 15 is 0 Å². The highest BCUT2D eigenvalue weighted by Crippen LogP contribution is 2.15. The van der Waals surface area contributed by atoms with E-state index in [0.29, 0.717) is 18.8 Å². The molecule has 1 fully saturated rings. The van der Waals surface area contributed by atoms with Gasteiger partial charge in [0.05, 0.1) is 12.6 Å². The molecular formula is C12H17N5O2. The van der Waals surface area contributed by atoms with Gasteiger partial charge in [0.25, 0.3) is 0 Å². The van der Waals surface area contributed by atoms with Gasteiger partial charge in [-0.1, -0.05) is 6.92 Å². The highest BCUT2D eigenvalue weighted by Gasteiger charge is 2.32. The highest BCUT2D eigenvalue weighted by molar-refractivity contribution is 6.01. The van der Waals surface area contributed by atoms with Gasteiger partial charge in [-0.3, -0.25) is 19.8 Å². The fraction of sp³-hybridized carbons (Fsp3) is 0.417. The Morgan fingerprint density at radius 2 is 2.37 bits per heavy atom. The summed E-state index contributed by atoms with van der Waals surface area (Å²) in [6.07, 6.45) is 2.30. The summed E-state index contributed by atoms with van der Waals surface area (Å²) in [7, 11) is 0. The first-order valence-electron chi connectivity index (χ1n) is 6.13. The number of piperazine rings is 1. The molecule has 1 aromatic rings. The molecule has 0 saturated carbocycles. The molecule has 1 aliphatic heterocycles. The lowest BCUT2D eigenvalue weighted by atomic mass is 10.1. The van der Waals surface area contributed by atoms with E-state index in [0.717, 1.165) is 5.56 Å². The standard InChI is InChI=1S/C12H17N5O2/c1-2-9-12(19)15-11(18)7-17(9)6-8-3-4-14-10(5-8)16-13/h3-5,9H,2,6-7,13H2,1H3,(H,14,16)(H,15,18,19). The number of anilines is 1. The number of hydrogen-bond donors (Lipinski definition) is 3. The molecule has 2 heterocycles. The zero-order valence-corrected chi connectivity index (χ0v) is 10.7. The molecule has 19 heavy (non-hydrogen) atoms. The van der Waals surface area contributed by atoms with Crippen LogP contribution < -0.4 is 16.6 Å². The van der Waals surface area contributed by atoms with Gasteiger partial charge in [-0.15, -0.1) is 0 Å². The second kappa shape index (κ2) is 5.77. The predicted molar refractivity (Wildman–Crippen MR) is 69.7 cm³/mol. The Morgan fingerprint density at radius 1 is 1.58 bits per heavy atom. The molecule has 4 N–H and O–H groups in total. The Balaban J connectivity index is 2.14. The number of rotatable bonds is 4. The summed E-state index contributed by atoms with van der Waals surface area (Å²) in [5.41, 5.74) is 3.42. The zero-order chi connectivity index (χ0) is 13.8. The second-order valence-electron chi connectivity index (χ2n) is 4.44. The first-order chi connectivity index (χ1) is 9.13. The van der Waals surface area contributed by atoms with Gasteiger partial charge in [-0.05, 0) is 24.1 Å². The van der Waals surface area contributed by atoms with Gasteiger partial charge in [0.1, 0.15) is 5.82 Å². The number of nitrogens with one attached hydrogen (secondary N) is 2. The van der Waals surface area contributed by atoms with Crippen LogP contribution >= 0.6 is 0 Å². The van der Waals surface area contributed by atoms with Crippen LogP contribution in [-0.4, -0.2) is 34.3 Å². The van der Waals surface area contributed by atoms with Crippen molar-refractivity contribution in [1.82, 2.24) is 15.2 Å². The van der Waals surface area contributed by atoms with Gasteiger partial charge in [-0.2, -0.15) is 0 Å². The maximum atomic E-state index is 11.7. The lowest BCUT2D eigenvalue weighted by Crippen LogP contribution is -2.57. The average molecular weight is 263 g/mol. The number of nitrogens with zero attached hydrogens (tertiary/aromatic N) is 2. The number of hydrogen-bond acceptors (Lipinski definition) is 6. The molecule has 1 atom stereocenters. The van der Waals surface area contributed by atoms with Crippen LogP contribution in [0.3, 0.4) is 0 Å². The second-order valence-corrected chi connectivity index (χ2v) is 4.44. The van der Waals surface area contributed by atoms with Gasteiger partial charge in [-0.25, -0.2) is 10.8 Å². The molecule has 2 rings (SSSR count). The molecule has 0 aromatic carbocycles. The minimum atomic E-state index is -0.278. The van der Waals surface area contributed by atoms with Crippen molar-refractivity contribution in [2.24, 2.45) is 5.84 Å². The van der Waals surface area contributed by atoms with E-state index in [1.807, 2.05) is 17.9 Å². The van der Waals surface area contributed by atoms with Crippen LogP contribution in [0.1, 0.15) is 18.9 Å². The Labute approximate surface area is 111 Å². The van der Waals surface area contributed by atoms with Crippen molar-refractivity contribution in [1.29, 1.82) is 0 Å². The molecule has 1 aromatic heterocycles. The van der Waals surface area contributed by atoms with Crippen molar-refractivity contribution in [2.45, 2.75) is 25.9 Å². The minimum absolute atomic E-state index is 0.220. The third-order valence-corrected chi connectivity index (χ3v) is 3.10. The summed E-state index contributed by atoms with van der Waals surface area (Å²) in [6, 6.07) is 3.36. The maximum Gasteiger partial charge on any atom is 0.243 e. The summed E-state index contributed by atoms with van der Waals surface area (Å²) in [6.45, 7) is 2.65. The molecule has 1 saturated heterocycles. The highest BCUT2D eigenvalue weighted by atomic mass is 16.2. The van der Waals surface area contributed by atoms with E-state index in [4.69, 9.17) is 5.84 Å². The van der Waals surface area contributed by atoms with E-state index in [1.165, 1.54) is 0 Å². The molecule has 1 aliphatic rings. The van der Waals surface area contributed by atoms with Crippen LogP contribution in [0.5, 0.6) is 0 Å². The van der Waals surface area contributed by atoms with Gasteiger partial charge in [0.15, 0.2) is 0 Å². The lowest BCUT2D eigenvalue weighted by molar-refractivity contribution is -0.140. The molecular weight excluding hydrogens is 246 g/mol. The monoisotopic (exact) mass is 263 g/mol. The number of nitrogen functional groups attached to an aromatic ring is 1. The molecule has 2 amide bonds. The topological polar surface area (TPSA) is 100 Å². The summed E-state index contributed by atoms with van der Waals surface area (Å²) in [4.78, 5) is 29.1. The quantitative estimate of drug-likeness (QED) is 0.388. The first-order valence-corrected chi connectivity index (χ1v) is 6.13. The lowest BCUT2D eigenvalue weighted by Gasteiger charge is -2.33. The summed E-state index contributed by atoms with van der Waals surface area (Å²) >= 11 is 0. The van der Waals surface area contributed by atoms with Crippen LogP contribution in [0, 0.1) is 0 Å². The Kier molecular flexibility index (Phi) is 4.08. The van der Waals surface area contributed by atoms with E-state index in [1.54, 1.807) is 12.3 Å². The third-order valence-electron chi connectivity index (χ3n) is 3.10. The largest absolute Gasteiger partial charge is 0.308 e. The van der Waals surface area contributed by atoms with E-state index in [-0.39, 0.29) is 24.4 Å². The average Bonchev–Trinajstić information content (AvgIpc) is 2.38. The minimum Gasteiger partial charge on any atom is -0.308 e. The molecule has 0 aliphatic carbocycles. The number of hydrazine groups is 1. The van der Waals surface area contributed by atoms with Crippen LogP contribution in [0.15, 0.2) is 18.3 Å². The summed E-state index contributed by atoms with van der Waals surface area (Å²) < 4.78 is 0. The summed E-state index contributed by atoms with van der Waals surface area (Å²) in [5, 5.41) is 2.35. The Bertz CT molecular complexity index is 491. The van der Waals surface area contributed by atoms with E-state index in [9.17, 15) is 9.59 Å². The van der Waals surface area contributed by atoms with Crippen molar-refractivity contribution in [3.05, 3.63) is 23.9 Å². The van der Waals surface area contributed by atoms with Crippen molar-refractivity contribution in [3.8, 4) is 0 Å². The van der Waals surface area contributed by atoms with E-state index in [2.05, 4.69) is 15.7 Å².